The Kier molecular flexibility index (Phi) is 6.35. The molecule has 1 atom stereocenters. The summed E-state index contributed by atoms with van der Waals surface area (Å²) in [5, 5.41) is 8.79. The quantitative estimate of drug-likeness (QED) is 0.591. The van der Waals surface area contributed by atoms with Gasteiger partial charge in [-0.25, -0.2) is 0 Å². The molecule has 1 rings (SSSR count). The number of nitrogens with one attached hydrogen (secondary N) is 1. The lowest BCUT2D eigenvalue weighted by molar-refractivity contribution is 0.203. The van der Waals surface area contributed by atoms with Crippen LogP contribution in [0.2, 0.25) is 0 Å². The minimum Gasteiger partial charge on any atom is -0.396 e. The van der Waals surface area contributed by atoms with Crippen LogP contribution in [0.5, 0.6) is 0 Å². The van der Waals surface area contributed by atoms with E-state index in [1.54, 1.807) is 0 Å². The van der Waals surface area contributed by atoms with Gasteiger partial charge in [0.2, 0.25) is 0 Å². The van der Waals surface area contributed by atoms with E-state index in [4.69, 9.17) is 9.84 Å². The summed E-state index contributed by atoms with van der Waals surface area (Å²) in [7, 11) is -1.85. The third-order valence-electron chi connectivity index (χ3n) is 2.92. The van der Waals surface area contributed by atoms with Gasteiger partial charge in [0.25, 0.3) is 10.2 Å². The van der Waals surface area contributed by atoms with Crippen LogP contribution in [-0.4, -0.2) is 57.3 Å². The maximum absolute atomic E-state index is 12.0. The van der Waals surface area contributed by atoms with E-state index in [9.17, 15) is 8.42 Å². The van der Waals surface area contributed by atoms with E-state index in [1.165, 1.54) is 11.4 Å². The van der Waals surface area contributed by atoms with E-state index in [-0.39, 0.29) is 12.6 Å². The average molecular weight is 266 g/mol. The normalized spacial score (nSPS) is 22.1. The summed E-state index contributed by atoms with van der Waals surface area (Å²) in [5.74, 6) is 0. The molecule has 0 aliphatic carbocycles. The molecule has 7 heteroatoms. The zero-order valence-corrected chi connectivity index (χ0v) is 11.1. The Bertz CT molecular complexity index is 307. The molecule has 0 amide bonds. The van der Waals surface area contributed by atoms with Crippen molar-refractivity contribution in [2.75, 3.05) is 33.4 Å². The molecule has 1 aliphatic rings. The first-order valence-corrected chi connectivity index (χ1v) is 7.42. The fraction of sp³-hybridized carbons (Fsp3) is 1.00. The number of hydrogen-bond acceptors (Lipinski definition) is 4. The van der Waals surface area contributed by atoms with E-state index in [0.29, 0.717) is 26.1 Å². The Morgan fingerprint density at radius 2 is 2.29 bits per heavy atom. The minimum atomic E-state index is -3.39. The Morgan fingerprint density at radius 3 is 2.94 bits per heavy atom. The van der Waals surface area contributed by atoms with Crippen molar-refractivity contribution in [2.24, 2.45) is 0 Å². The highest BCUT2D eigenvalue weighted by Gasteiger charge is 2.33. The van der Waals surface area contributed by atoms with Gasteiger partial charge in [0.05, 0.1) is 6.61 Å². The Labute approximate surface area is 103 Å². The predicted molar refractivity (Wildman–Crippen MR) is 64.8 cm³/mol. The number of aliphatic hydroxyl groups excluding tert-OH is 1. The van der Waals surface area contributed by atoms with Crippen molar-refractivity contribution in [3.63, 3.8) is 0 Å². The van der Waals surface area contributed by atoms with Crippen LogP contribution >= 0.6 is 0 Å². The third-order valence-corrected chi connectivity index (χ3v) is 4.59. The highest BCUT2D eigenvalue weighted by molar-refractivity contribution is 7.87. The van der Waals surface area contributed by atoms with Gasteiger partial charge in [0.1, 0.15) is 0 Å². The monoisotopic (exact) mass is 266 g/mol. The molecule has 0 saturated carbocycles. The van der Waals surface area contributed by atoms with Gasteiger partial charge in [-0.3, -0.25) is 0 Å². The van der Waals surface area contributed by atoms with E-state index in [1.807, 2.05) is 0 Å². The van der Waals surface area contributed by atoms with Crippen molar-refractivity contribution in [3.05, 3.63) is 0 Å². The van der Waals surface area contributed by atoms with Crippen molar-refractivity contribution in [1.29, 1.82) is 0 Å². The molecule has 0 aromatic carbocycles. The first kappa shape index (κ1) is 14.8. The number of methoxy groups -OCH3 is 1. The van der Waals surface area contributed by atoms with Crippen molar-refractivity contribution < 1.29 is 18.3 Å². The van der Waals surface area contributed by atoms with Crippen molar-refractivity contribution >= 4 is 10.2 Å². The van der Waals surface area contributed by atoms with Gasteiger partial charge < -0.3 is 9.84 Å². The maximum Gasteiger partial charge on any atom is 0.279 e. The Balaban J connectivity index is 2.50. The highest BCUT2D eigenvalue weighted by Crippen LogP contribution is 2.23. The molecule has 0 bridgehead atoms. The molecule has 1 aliphatic heterocycles. The van der Waals surface area contributed by atoms with Gasteiger partial charge in [-0.1, -0.05) is 0 Å². The molecule has 17 heavy (non-hydrogen) atoms. The van der Waals surface area contributed by atoms with Gasteiger partial charge in [-0.05, 0) is 25.7 Å². The topological polar surface area (TPSA) is 78.9 Å². The maximum atomic E-state index is 12.0. The van der Waals surface area contributed by atoms with Crippen LogP contribution < -0.4 is 4.72 Å². The highest BCUT2D eigenvalue weighted by atomic mass is 32.2. The molecule has 1 unspecified atom stereocenters. The molecule has 0 spiro atoms. The van der Waals surface area contributed by atoms with E-state index in [2.05, 4.69) is 4.72 Å². The molecule has 0 radical (unpaired) electrons. The number of nitrogens with zero attached hydrogens (tertiary/aromatic N) is 1. The first-order chi connectivity index (χ1) is 8.11. The van der Waals surface area contributed by atoms with Crippen LogP contribution in [0.3, 0.4) is 0 Å². The standard InChI is InChI=1S/C10H22N2O4S/c1-16-9-6-11-17(14,15)12-7-2-4-10(12)5-3-8-13/h10-11,13H,2-9H2,1H3. The molecule has 2 N–H and O–H groups in total. The number of rotatable bonds is 8. The summed E-state index contributed by atoms with van der Waals surface area (Å²) in [4.78, 5) is 0. The largest absolute Gasteiger partial charge is 0.396 e. The van der Waals surface area contributed by atoms with Crippen LogP contribution in [0.25, 0.3) is 0 Å². The fourth-order valence-corrected chi connectivity index (χ4v) is 3.58. The van der Waals surface area contributed by atoms with Gasteiger partial charge in [0, 0.05) is 32.8 Å². The molecule has 6 nitrogen and oxygen atoms in total. The zero-order chi connectivity index (χ0) is 12.7. The van der Waals surface area contributed by atoms with E-state index in [0.717, 1.165) is 19.3 Å². The SMILES string of the molecule is COCCNS(=O)(=O)N1CCCC1CCCO. The summed E-state index contributed by atoms with van der Waals surface area (Å²) in [6, 6.07) is 0.0298. The summed E-state index contributed by atoms with van der Waals surface area (Å²) in [6.07, 6.45) is 3.14. The number of hydrogen-bond donors (Lipinski definition) is 2. The molecular weight excluding hydrogens is 244 g/mol. The molecular formula is C10H22N2O4S. The van der Waals surface area contributed by atoms with E-state index < -0.39 is 10.2 Å². The van der Waals surface area contributed by atoms with Gasteiger partial charge in [-0.15, -0.1) is 0 Å². The van der Waals surface area contributed by atoms with Crippen molar-refractivity contribution in [2.45, 2.75) is 31.7 Å². The number of aliphatic hydroxyl groups is 1. The van der Waals surface area contributed by atoms with Crippen molar-refractivity contribution in [1.82, 2.24) is 9.03 Å². The average Bonchev–Trinajstić information content (AvgIpc) is 2.75. The lowest BCUT2D eigenvalue weighted by Gasteiger charge is -2.23. The Morgan fingerprint density at radius 1 is 1.53 bits per heavy atom. The lowest BCUT2D eigenvalue weighted by Crippen LogP contribution is -2.44. The minimum absolute atomic E-state index is 0.0298. The van der Waals surface area contributed by atoms with Crippen LogP contribution in [0, 0.1) is 0 Å². The van der Waals surface area contributed by atoms with Gasteiger partial charge >= 0.3 is 0 Å². The van der Waals surface area contributed by atoms with Gasteiger partial charge in [-0.2, -0.15) is 17.4 Å². The molecule has 102 valence electrons. The van der Waals surface area contributed by atoms with Crippen LogP contribution in [0.1, 0.15) is 25.7 Å². The second-order valence-electron chi connectivity index (χ2n) is 4.16. The molecule has 1 heterocycles. The molecule has 0 aromatic rings. The zero-order valence-electron chi connectivity index (χ0n) is 10.3. The van der Waals surface area contributed by atoms with Crippen LogP contribution in [0.15, 0.2) is 0 Å². The van der Waals surface area contributed by atoms with E-state index >= 15 is 0 Å². The second-order valence-corrected chi connectivity index (χ2v) is 5.87. The van der Waals surface area contributed by atoms with Crippen LogP contribution in [0.4, 0.5) is 0 Å². The fourth-order valence-electron chi connectivity index (χ4n) is 2.10. The smallest absolute Gasteiger partial charge is 0.279 e. The van der Waals surface area contributed by atoms with Gasteiger partial charge in [0.15, 0.2) is 0 Å². The number of ether oxygens (including phenoxy) is 1. The van der Waals surface area contributed by atoms with Crippen molar-refractivity contribution in [3.8, 4) is 0 Å². The summed E-state index contributed by atoms with van der Waals surface area (Å²) >= 11 is 0. The summed E-state index contributed by atoms with van der Waals surface area (Å²) in [6.45, 7) is 1.34. The molecule has 1 saturated heterocycles. The molecule has 0 aromatic heterocycles. The third kappa shape index (κ3) is 4.51. The second kappa shape index (κ2) is 7.27. The lowest BCUT2D eigenvalue weighted by atomic mass is 10.1. The first-order valence-electron chi connectivity index (χ1n) is 5.98. The summed E-state index contributed by atoms with van der Waals surface area (Å²) < 4.78 is 32.8. The Hall–Kier alpha value is -0.210. The molecule has 1 fully saturated rings. The predicted octanol–water partition coefficient (Wildman–Crippen LogP) is -0.296. The van der Waals surface area contributed by atoms with Crippen LogP contribution in [-0.2, 0) is 14.9 Å². The summed E-state index contributed by atoms with van der Waals surface area (Å²) in [5.41, 5.74) is 0.